The summed E-state index contributed by atoms with van der Waals surface area (Å²) in [5.74, 6) is 4.21. The summed E-state index contributed by atoms with van der Waals surface area (Å²) in [6.07, 6.45) is 4.45. The maximum absolute atomic E-state index is 5.81. The molecule has 1 saturated heterocycles. The minimum absolute atomic E-state index is 0.739. The third-order valence-electron chi connectivity index (χ3n) is 2.76. The average molecular weight is 226 g/mol. The Labute approximate surface area is 94.6 Å². The maximum Gasteiger partial charge on any atom is 0.171 e. The smallest absolute Gasteiger partial charge is 0.171 e. The van der Waals surface area contributed by atoms with Gasteiger partial charge in [0.1, 0.15) is 0 Å². The SMILES string of the molecule is Cn1cc(N)c(NCC2CCSCC2)n1. The van der Waals surface area contributed by atoms with Gasteiger partial charge in [-0.05, 0) is 30.3 Å². The fourth-order valence-electron chi connectivity index (χ4n) is 1.84. The molecule has 3 N–H and O–H groups in total. The van der Waals surface area contributed by atoms with Crippen molar-refractivity contribution in [3.63, 3.8) is 0 Å². The summed E-state index contributed by atoms with van der Waals surface area (Å²) in [4.78, 5) is 0. The summed E-state index contributed by atoms with van der Waals surface area (Å²) in [5.41, 5.74) is 6.55. The third-order valence-corrected chi connectivity index (χ3v) is 3.80. The summed E-state index contributed by atoms with van der Waals surface area (Å²) in [6, 6.07) is 0. The van der Waals surface area contributed by atoms with Gasteiger partial charge >= 0.3 is 0 Å². The Morgan fingerprint density at radius 1 is 1.60 bits per heavy atom. The van der Waals surface area contributed by atoms with E-state index in [4.69, 9.17) is 5.73 Å². The van der Waals surface area contributed by atoms with Gasteiger partial charge in [0.15, 0.2) is 5.82 Å². The molecule has 0 unspecified atom stereocenters. The highest BCUT2D eigenvalue weighted by molar-refractivity contribution is 7.99. The van der Waals surface area contributed by atoms with Crippen LogP contribution in [0.15, 0.2) is 6.20 Å². The molecule has 0 aromatic carbocycles. The predicted octanol–water partition coefficient (Wildman–Crippen LogP) is 1.56. The molecule has 0 bridgehead atoms. The van der Waals surface area contributed by atoms with Crippen LogP contribution in [0.2, 0.25) is 0 Å². The molecule has 1 aromatic heterocycles. The number of rotatable bonds is 3. The molecule has 0 radical (unpaired) electrons. The zero-order chi connectivity index (χ0) is 10.7. The van der Waals surface area contributed by atoms with Crippen LogP contribution in [0.5, 0.6) is 0 Å². The van der Waals surface area contributed by atoms with Crippen LogP contribution in [0.25, 0.3) is 0 Å². The van der Waals surface area contributed by atoms with Crippen molar-refractivity contribution in [1.29, 1.82) is 0 Å². The molecule has 2 heterocycles. The summed E-state index contributed by atoms with van der Waals surface area (Å²) >= 11 is 2.06. The van der Waals surface area contributed by atoms with Crippen LogP contribution in [0.3, 0.4) is 0 Å². The van der Waals surface area contributed by atoms with Gasteiger partial charge in [-0.25, -0.2) is 0 Å². The Morgan fingerprint density at radius 2 is 2.33 bits per heavy atom. The molecule has 5 heteroatoms. The lowest BCUT2D eigenvalue weighted by Crippen LogP contribution is -2.19. The van der Waals surface area contributed by atoms with Crippen LogP contribution < -0.4 is 11.1 Å². The number of aromatic nitrogens is 2. The first-order valence-electron chi connectivity index (χ1n) is 5.36. The molecule has 0 spiro atoms. The second-order valence-corrected chi connectivity index (χ2v) is 5.27. The second-order valence-electron chi connectivity index (χ2n) is 4.04. The normalized spacial score (nSPS) is 17.9. The van der Waals surface area contributed by atoms with E-state index in [1.807, 2.05) is 13.2 Å². The quantitative estimate of drug-likeness (QED) is 0.821. The largest absolute Gasteiger partial charge is 0.394 e. The highest BCUT2D eigenvalue weighted by Gasteiger charge is 2.14. The monoisotopic (exact) mass is 226 g/mol. The van der Waals surface area contributed by atoms with E-state index < -0.39 is 0 Å². The molecule has 0 amide bonds. The summed E-state index contributed by atoms with van der Waals surface area (Å²) in [5, 5.41) is 7.61. The van der Waals surface area contributed by atoms with E-state index in [0.717, 1.165) is 24.0 Å². The molecule has 0 atom stereocenters. The van der Waals surface area contributed by atoms with Gasteiger partial charge < -0.3 is 11.1 Å². The van der Waals surface area contributed by atoms with Gasteiger partial charge in [0.05, 0.1) is 5.69 Å². The molecule has 1 aromatic rings. The predicted molar refractivity (Wildman–Crippen MR) is 66.2 cm³/mol. The number of nitrogens with one attached hydrogen (secondary N) is 1. The number of nitrogen functional groups attached to an aromatic ring is 1. The minimum Gasteiger partial charge on any atom is -0.394 e. The first kappa shape index (κ1) is 10.7. The summed E-state index contributed by atoms with van der Waals surface area (Å²) in [7, 11) is 1.89. The van der Waals surface area contributed by atoms with Gasteiger partial charge in [0.25, 0.3) is 0 Å². The van der Waals surface area contributed by atoms with E-state index in [2.05, 4.69) is 22.2 Å². The van der Waals surface area contributed by atoms with Gasteiger partial charge in [-0.1, -0.05) is 0 Å². The maximum atomic E-state index is 5.81. The van der Waals surface area contributed by atoms with Gasteiger partial charge in [-0.15, -0.1) is 0 Å². The summed E-state index contributed by atoms with van der Waals surface area (Å²) in [6.45, 7) is 1.00. The van der Waals surface area contributed by atoms with E-state index in [9.17, 15) is 0 Å². The van der Waals surface area contributed by atoms with Crippen molar-refractivity contribution in [3.8, 4) is 0 Å². The van der Waals surface area contributed by atoms with Crippen molar-refractivity contribution in [2.24, 2.45) is 13.0 Å². The number of aryl methyl sites for hydroxylation is 1. The zero-order valence-corrected chi connectivity index (χ0v) is 9.89. The number of nitrogens with zero attached hydrogens (tertiary/aromatic N) is 2. The Bertz CT molecular complexity index is 317. The molecule has 0 aliphatic carbocycles. The van der Waals surface area contributed by atoms with Crippen molar-refractivity contribution in [2.45, 2.75) is 12.8 Å². The lowest BCUT2D eigenvalue weighted by Gasteiger charge is -2.21. The highest BCUT2D eigenvalue weighted by atomic mass is 32.2. The third kappa shape index (κ3) is 2.81. The molecule has 0 saturated carbocycles. The van der Waals surface area contributed by atoms with E-state index in [1.54, 1.807) is 4.68 Å². The molecular formula is C10H18N4S. The lowest BCUT2D eigenvalue weighted by molar-refractivity contribution is 0.515. The lowest BCUT2D eigenvalue weighted by atomic mass is 10.0. The Kier molecular flexibility index (Phi) is 3.41. The van der Waals surface area contributed by atoms with Crippen LogP contribution in [0.4, 0.5) is 11.5 Å². The van der Waals surface area contributed by atoms with Crippen molar-refractivity contribution in [2.75, 3.05) is 29.1 Å². The number of nitrogens with two attached hydrogens (primary N) is 1. The number of hydrogen-bond donors (Lipinski definition) is 2. The van der Waals surface area contributed by atoms with Gasteiger partial charge in [-0.3, -0.25) is 4.68 Å². The molecule has 1 aliphatic heterocycles. The van der Waals surface area contributed by atoms with E-state index in [0.29, 0.717) is 0 Å². The van der Waals surface area contributed by atoms with Gasteiger partial charge in [0, 0.05) is 19.8 Å². The van der Waals surface area contributed by atoms with Crippen LogP contribution in [-0.4, -0.2) is 27.8 Å². The van der Waals surface area contributed by atoms with Gasteiger partial charge in [-0.2, -0.15) is 16.9 Å². The molecule has 4 nitrogen and oxygen atoms in total. The molecule has 2 rings (SSSR count). The van der Waals surface area contributed by atoms with E-state index in [-0.39, 0.29) is 0 Å². The number of hydrogen-bond acceptors (Lipinski definition) is 4. The molecule has 15 heavy (non-hydrogen) atoms. The number of anilines is 2. The zero-order valence-electron chi connectivity index (χ0n) is 9.07. The Hall–Kier alpha value is -0.840. The average Bonchev–Trinajstić information content (AvgIpc) is 2.56. The minimum atomic E-state index is 0.739. The molecule has 1 aliphatic rings. The van der Waals surface area contributed by atoms with Crippen molar-refractivity contribution in [3.05, 3.63) is 6.20 Å². The molecule has 1 fully saturated rings. The Balaban J connectivity index is 1.84. The topological polar surface area (TPSA) is 55.9 Å². The second kappa shape index (κ2) is 4.79. The van der Waals surface area contributed by atoms with Crippen molar-refractivity contribution >= 4 is 23.3 Å². The molecule has 84 valence electrons. The van der Waals surface area contributed by atoms with E-state index >= 15 is 0 Å². The van der Waals surface area contributed by atoms with Crippen molar-refractivity contribution < 1.29 is 0 Å². The first-order chi connectivity index (χ1) is 7.25. The Morgan fingerprint density at radius 3 is 2.93 bits per heavy atom. The fraction of sp³-hybridized carbons (Fsp3) is 0.700. The van der Waals surface area contributed by atoms with Crippen LogP contribution >= 0.6 is 11.8 Å². The highest BCUT2D eigenvalue weighted by Crippen LogP contribution is 2.23. The molecular weight excluding hydrogens is 208 g/mol. The van der Waals surface area contributed by atoms with Gasteiger partial charge in [0.2, 0.25) is 0 Å². The van der Waals surface area contributed by atoms with Crippen LogP contribution in [0.1, 0.15) is 12.8 Å². The van der Waals surface area contributed by atoms with E-state index in [1.165, 1.54) is 24.3 Å². The number of thioether (sulfide) groups is 1. The van der Waals surface area contributed by atoms with Crippen molar-refractivity contribution in [1.82, 2.24) is 9.78 Å². The summed E-state index contributed by atoms with van der Waals surface area (Å²) < 4.78 is 1.74. The standard InChI is InChI=1S/C10H18N4S/c1-14-7-9(11)10(13-14)12-6-8-2-4-15-5-3-8/h7-8H,2-6,11H2,1H3,(H,12,13). The fourth-order valence-corrected chi connectivity index (χ4v) is 3.04. The van der Waals surface area contributed by atoms with Crippen LogP contribution in [0, 0.1) is 5.92 Å². The first-order valence-corrected chi connectivity index (χ1v) is 6.52. The van der Waals surface area contributed by atoms with Crippen LogP contribution in [-0.2, 0) is 7.05 Å².